The van der Waals surface area contributed by atoms with Crippen LogP contribution in [-0.2, 0) is 11.3 Å². The lowest BCUT2D eigenvalue weighted by Gasteiger charge is -2.06. The van der Waals surface area contributed by atoms with Crippen molar-refractivity contribution in [2.45, 2.75) is 31.8 Å². The molecular formula is C18H20N2O. The van der Waals surface area contributed by atoms with Gasteiger partial charge in [-0.25, -0.2) is 0 Å². The van der Waals surface area contributed by atoms with Crippen molar-refractivity contribution >= 4 is 11.6 Å². The first kappa shape index (κ1) is 13.8. The van der Waals surface area contributed by atoms with Crippen LogP contribution in [0.4, 0.5) is 5.69 Å². The SMILES string of the molecule is CC(=O)Nc1ccc(CNC2CC2c2ccccc2)cc1. The summed E-state index contributed by atoms with van der Waals surface area (Å²) in [6.07, 6.45) is 1.22. The van der Waals surface area contributed by atoms with E-state index >= 15 is 0 Å². The molecule has 2 aromatic carbocycles. The summed E-state index contributed by atoms with van der Waals surface area (Å²) in [6.45, 7) is 2.39. The molecule has 1 aliphatic carbocycles. The zero-order chi connectivity index (χ0) is 14.7. The number of hydrogen-bond acceptors (Lipinski definition) is 2. The molecule has 1 saturated carbocycles. The maximum absolute atomic E-state index is 11.0. The van der Waals surface area contributed by atoms with Crippen molar-refractivity contribution < 1.29 is 4.79 Å². The zero-order valence-corrected chi connectivity index (χ0v) is 12.2. The fourth-order valence-electron chi connectivity index (χ4n) is 2.65. The number of anilines is 1. The van der Waals surface area contributed by atoms with Gasteiger partial charge in [-0.1, -0.05) is 42.5 Å². The van der Waals surface area contributed by atoms with E-state index in [1.807, 2.05) is 12.1 Å². The summed E-state index contributed by atoms with van der Waals surface area (Å²) < 4.78 is 0. The van der Waals surface area contributed by atoms with E-state index in [-0.39, 0.29) is 5.91 Å². The van der Waals surface area contributed by atoms with E-state index < -0.39 is 0 Å². The molecule has 0 aliphatic heterocycles. The smallest absolute Gasteiger partial charge is 0.221 e. The number of carbonyl (C=O) groups is 1. The number of carbonyl (C=O) groups excluding carboxylic acids is 1. The molecule has 2 N–H and O–H groups in total. The van der Waals surface area contributed by atoms with Crippen LogP contribution in [-0.4, -0.2) is 11.9 Å². The first-order chi connectivity index (χ1) is 10.2. The van der Waals surface area contributed by atoms with E-state index in [2.05, 4.69) is 53.1 Å². The second kappa shape index (κ2) is 6.10. The fraction of sp³-hybridized carbons (Fsp3) is 0.278. The number of benzene rings is 2. The van der Waals surface area contributed by atoms with Gasteiger partial charge in [-0.2, -0.15) is 0 Å². The summed E-state index contributed by atoms with van der Waals surface area (Å²) in [7, 11) is 0. The monoisotopic (exact) mass is 280 g/mol. The fourth-order valence-corrected chi connectivity index (χ4v) is 2.65. The second-order valence-corrected chi connectivity index (χ2v) is 5.62. The Kier molecular flexibility index (Phi) is 4.02. The molecule has 1 fully saturated rings. The van der Waals surface area contributed by atoms with E-state index in [4.69, 9.17) is 0 Å². The summed E-state index contributed by atoms with van der Waals surface area (Å²) in [4.78, 5) is 11.0. The first-order valence-corrected chi connectivity index (χ1v) is 7.37. The van der Waals surface area contributed by atoms with Crippen molar-refractivity contribution in [3.63, 3.8) is 0 Å². The van der Waals surface area contributed by atoms with Crippen LogP contribution in [0, 0.1) is 0 Å². The van der Waals surface area contributed by atoms with Gasteiger partial charge in [0.15, 0.2) is 0 Å². The van der Waals surface area contributed by atoms with Crippen LogP contribution in [0.5, 0.6) is 0 Å². The molecule has 2 atom stereocenters. The highest BCUT2D eigenvalue weighted by Gasteiger charge is 2.37. The van der Waals surface area contributed by atoms with Gasteiger partial charge in [-0.05, 0) is 29.7 Å². The minimum atomic E-state index is -0.0374. The molecule has 2 aromatic rings. The Hall–Kier alpha value is -2.13. The Bertz CT molecular complexity index is 607. The lowest BCUT2D eigenvalue weighted by atomic mass is 10.1. The van der Waals surface area contributed by atoms with Crippen LogP contribution >= 0.6 is 0 Å². The van der Waals surface area contributed by atoms with Crippen LogP contribution in [0.1, 0.15) is 30.4 Å². The van der Waals surface area contributed by atoms with Gasteiger partial charge in [0.1, 0.15) is 0 Å². The standard InChI is InChI=1S/C18H20N2O/c1-13(21)20-16-9-7-14(8-10-16)12-19-18-11-17(18)15-5-3-2-4-6-15/h2-10,17-19H,11-12H2,1H3,(H,20,21). The summed E-state index contributed by atoms with van der Waals surface area (Å²) in [5, 5.41) is 6.37. The van der Waals surface area contributed by atoms with Gasteiger partial charge < -0.3 is 10.6 Å². The van der Waals surface area contributed by atoms with Gasteiger partial charge in [-0.3, -0.25) is 4.79 Å². The Labute approximate surface area is 125 Å². The molecule has 0 saturated heterocycles. The van der Waals surface area contributed by atoms with E-state index in [1.54, 1.807) is 0 Å². The summed E-state index contributed by atoms with van der Waals surface area (Å²) in [5.74, 6) is 0.620. The molecule has 0 bridgehead atoms. The minimum absolute atomic E-state index is 0.0374. The summed E-state index contributed by atoms with van der Waals surface area (Å²) >= 11 is 0. The number of nitrogens with one attached hydrogen (secondary N) is 2. The third kappa shape index (κ3) is 3.70. The Morgan fingerprint density at radius 1 is 1.10 bits per heavy atom. The number of rotatable bonds is 5. The highest BCUT2D eigenvalue weighted by molar-refractivity contribution is 5.88. The van der Waals surface area contributed by atoms with Crippen molar-refractivity contribution in [3.8, 4) is 0 Å². The highest BCUT2D eigenvalue weighted by Crippen LogP contribution is 2.40. The summed E-state index contributed by atoms with van der Waals surface area (Å²) in [5.41, 5.74) is 3.51. The normalized spacial score (nSPS) is 20.0. The van der Waals surface area contributed by atoms with Gasteiger partial charge in [0.2, 0.25) is 5.91 Å². The van der Waals surface area contributed by atoms with Gasteiger partial charge in [-0.15, -0.1) is 0 Å². The molecule has 0 aromatic heterocycles. The van der Waals surface area contributed by atoms with Gasteiger partial charge in [0, 0.05) is 31.1 Å². The van der Waals surface area contributed by atoms with Crippen molar-refractivity contribution in [2.75, 3.05) is 5.32 Å². The largest absolute Gasteiger partial charge is 0.326 e. The lowest BCUT2D eigenvalue weighted by molar-refractivity contribution is -0.114. The summed E-state index contributed by atoms with van der Waals surface area (Å²) in [6, 6.07) is 19.3. The van der Waals surface area contributed by atoms with Crippen molar-refractivity contribution in [1.29, 1.82) is 0 Å². The van der Waals surface area contributed by atoms with Crippen LogP contribution in [0.3, 0.4) is 0 Å². The lowest BCUT2D eigenvalue weighted by Crippen LogP contribution is -2.17. The van der Waals surface area contributed by atoms with Crippen molar-refractivity contribution in [2.24, 2.45) is 0 Å². The molecule has 1 amide bonds. The van der Waals surface area contributed by atoms with Gasteiger partial charge >= 0.3 is 0 Å². The molecule has 2 unspecified atom stereocenters. The third-order valence-electron chi connectivity index (χ3n) is 3.86. The average molecular weight is 280 g/mol. The molecule has 0 radical (unpaired) electrons. The molecule has 21 heavy (non-hydrogen) atoms. The van der Waals surface area contributed by atoms with E-state index in [1.165, 1.54) is 24.5 Å². The van der Waals surface area contributed by atoms with Gasteiger partial charge in [0.25, 0.3) is 0 Å². The predicted octanol–water partition coefficient (Wildman–Crippen LogP) is 3.29. The molecule has 3 nitrogen and oxygen atoms in total. The second-order valence-electron chi connectivity index (χ2n) is 5.62. The van der Waals surface area contributed by atoms with E-state index in [0.29, 0.717) is 12.0 Å². The van der Waals surface area contributed by atoms with Crippen molar-refractivity contribution in [1.82, 2.24) is 5.32 Å². The van der Waals surface area contributed by atoms with Crippen LogP contribution < -0.4 is 10.6 Å². The Morgan fingerprint density at radius 3 is 2.48 bits per heavy atom. The maximum atomic E-state index is 11.0. The van der Waals surface area contributed by atoms with Gasteiger partial charge in [0.05, 0.1) is 0 Å². The third-order valence-corrected chi connectivity index (χ3v) is 3.86. The van der Waals surface area contributed by atoms with E-state index in [9.17, 15) is 4.79 Å². The number of amides is 1. The maximum Gasteiger partial charge on any atom is 0.221 e. The number of hydrogen-bond donors (Lipinski definition) is 2. The van der Waals surface area contributed by atoms with Crippen molar-refractivity contribution in [3.05, 3.63) is 65.7 Å². The molecular weight excluding hydrogens is 260 g/mol. The Morgan fingerprint density at radius 2 is 1.81 bits per heavy atom. The van der Waals surface area contributed by atoms with E-state index in [0.717, 1.165) is 12.2 Å². The molecule has 108 valence electrons. The van der Waals surface area contributed by atoms with Crippen LogP contribution in [0.2, 0.25) is 0 Å². The minimum Gasteiger partial charge on any atom is -0.326 e. The molecule has 3 heteroatoms. The van der Waals surface area contributed by atoms with Crippen LogP contribution in [0.25, 0.3) is 0 Å². The molecule has 0 heterocycles. The quantitative estimate of drug-likeness (QED) is 0.882. The topological polar surface area (TPSA) is 41.1 Å². The Balaban J connectivity index is 1.49. The highest BCUT2D eigenvalue weighted by atomic mass is 16.1. The zero-order valence-electron chi connectivity index (χ0n) is 12.2. The first-order valence-electron chi connectivity index (χ1n) is 7.37. The molecule has 1 aliphatic rings. The average Bonchev–Trinajstić information content (AvgIpc) is 3.27. The molecule has 3 rings (SSSR count). The predicted molar refractivity (Wildman–Crippen MR) is 85.2 cm³/mol. The molecule has 0 spiro atoms. The van der Waals surface area contributed by atoms with Crippen LogP contribution in [0.15, 0.2) is 54.6 Å².